The second kappa shape index (κ2) is 40.2. The smallest absolute Gasteiger partial charge is 0.305 e. The van der Waals surface area contributed by atoms with E-state index in [0.29, 0.717) is 25.8 Å². The number of ether oxygens (including phenoxy) is 2. The Hall–Kier alpha value is -1.62. The summed E-state index contributed by atoms with van der Waals surface area (Å²) < 4.78 is 10.9. The molecule has 5 N–H and O–H groups in total. The zero-order valence-corrected chi connectivity index (χ0v) is 33.2. The van der Waals surface area contributed by atoms with Crippen LogP contribution in [0.4, 0.5) is 0 Å². The third kappa shape index (κ3) is 36.2. The summed E-state index contributed by atoms with van der Waals surface area (Å²) in [7, 11) is 0. The minimum atomic E-state index is -0.718. The molecule has 0 heterocycles. The van der Waals surface area contributed by atoms with Crippen LogP contribution in [0.2, 0.25) is 0 Å². The monoisotopic (exact) mass is 755 g/mol. The molecule has 12 heteroatoms. The van der Waals surface area contributed by atoms with Gasteiger partial charge in [0.2, 0.25) is 5.91 Å². The molecule has 0 aromatic rings. The van der Waals surface area contributed by atoms with Crippen LogP contribution in [0.25, 0.3) is 0 Å². The van der Waals surface area contributed by atoms with Gasteiger partial charge in [0.25, 0.3) is 0 Å². The van der Waals surface area contributed by atoms with E-state index >= 15 is 0 Å². The first-order chi connectivity index (χ1) is 23.3. The lowest BCUT2D eigenvalue weighted by atomic mass is 10.1. The highest BCUT2D eigenvalue weighted by atomic mass is 35.5. The van der Waals surface area contributed by atoms with Crippen molar-refractivity contribution in [1.82, 2.24) is 4.90 Å². The van der Waals surface area contributed by atoms with Crippen molar-refractivity contribution in [2.24, 2.45) is 11.5 Å². The number of hydrogen-bond donors (Lipinski definition) is 3. The molecule has 0 saturated heterocycles. The first-order valence-corrected chi connectivity index (χ1v) is 19.6. The molecule has 0 aliphatic rings. The van der Waals surface area contributed by atoms with Gasteiger partial charge in [0.1, 0.15) is 13.2 Å². The Morgan fingerprint density at radius 2 is 0.920 bits per heavy atom. The number of unbranched alkanes of at least 4 members (excludes halogenated alkanes) is 20. The lowest BCUT2D eigenvalue weighted by Gasteiger charge is -2.25. The van der Waals surface area contributed by atoms with Gasteiger partial charge < -0.3 is 30.9 Å². The molecule has 0 aromatic carbocycles. The third-order valence-corrected chi connectivity index (χ3v) is 8.85. The second-order valence-corrected chi connectivity index (χ2v) is 13.4. The first kappa shape index (κ1) is 52.7. The highest BCUT2D eigenvalue weighted by Crippen LogP contribution is 2.14. The molecular formula is C38H75Cl2N3O7. The van der Waals surface area contributed by atoms with E-state index in [0.717, 1.165) is 89.9 Å². The standard InChI is InChI=1S/C38H73N3O7.2ClH/c1-2-3-4-5-6-7-8-12-15-18-21-27-36(44)47-32-30-41(38(46)34(40)25-23-24-29-39)31-33-48-37(45)28-22-19-16-13-10-9-11-14-17-20-26-35(42)43;;/h34H,2-33,39-40H2,1H3,(H,42,43);2*1H/t34-;;/m0../s1. The fourth-order valence-corrected chi connectivity index (χ4v) is 5.78. The van der Waals surface area contributed by atoms with Crippen molar-refractivity contribution in [3.05, 3.63) is 0 Å². The number of nitrogens with zero attached hydrogens (tertiary/aromatic N) is 1. The highest BCUT2D eigenvalue weighted by molar-refractivity contribution is 5.85. The number of hydrogen-bond acceptors (Lipinski definition) is 8. The number of esters is 2. The number of aliphatic carboxylic acids is 1. The maximum Gasteiger partial charge on any atom is 0.305 e. The lowest BCUT2D eigenvalue weighted by Crippen LogP contribution is -2.46. The Morgan fingerprint density at radius 1 is 0.560 bits per heavy atom. The van der Waals surface area contributed by atoms with Gasteiger partial charge in [-0.05, 0) is 38.6 Å². The Kier molecular flexibility index (Phi) is 42.4. The third-order valence-electron chi connectivity index (χ3n) is 8.85. The van der Waals surface area contributed by atoms with Crippen LogP contribution in [0.1, 0.15) is 180 Å². The summed E-state index contributed by atoms with van der Waals surface area (Å²) in [6, 6.07) is -0.670. The first-order valence-electron chi connectivity index (χ1n) is 19.6. The molecule has 0 aromatic heterocycles. The van der Waals surface area contributed by atoms with E-state index in [-0.39, 0.29) is 75.4 Å². The fraction of sp³-hybridized carbons (Fsp3) is 0.895. The van der Waals surface area contributed by atoms with Gasteiger partial charge in [0.05, 0.1) is 19.1 Å². The molecule has 0 saturated carbocycles. The molecule has 0 unspecified atom stereocenters. The van der Waals surface area contributed by atoms with Crippen molar-refractivity contribution in [2.45, 2.75) is 186 Å². The topological polar surface area (TPSA) is 162 Å². The number of carboxylic acids is 1. The van der Waals surface area contributed by atoms with E-state index in [1.165, 1.54) is 57.8 Å². The molecule has 0 radical (unpaired) electrons. The van der Waals surface area contributed by atoms with Gasteiger partial charge in [0.15, 0.2) is 0 Å². The number of halogens is 2. The SMILES string of the molecule is CCCCCCCCCCCCCC(=O)OCCN(CCOC(=O)CCCCCCCCCCCCC(=O)O)C(=O)[C@@H](N)CCCCN.Cl.Cl. The van der Waals surface area contributed by atoms with Crippen molar-refractivity contribution in [1.29, 1.82) is 0 Å². The molecule has 0 bridgehead atoms. The number of carbonyl (C=O) groups excluding carboxylic acids is 3. The minimum Gasteiger partial charge on any atom is -0.481 e. The van der Waals surface area contributed by atoms with Crippen molar-refractivity contribution >= 4 is 48.6 Å². The summed E-state index contributed by atoms with van der Waals surface area (Å²) >= 11 is 0. The molecule has 0 aliphatic carbocycles. The van der Waals surface area contributed by atoms with E-state index in [1.54, 1.807) is 4.90 Å². The largest absolute Gasteiger partial charge is 0.481 e. The van der Waals surface area contributed by atoms with E-state index in [1.807, 2.05) is 0 Å². The molecule has 1 amide bonds. The summed E-state index contributed by atoms with van der Waals surface area (Å²) in [6.45, 7) is 3.39. The Balaban J connectivity index is -0.0000110. The van der Waals surface area contributed by atoms with E-state index in [9.17, 15) is 19.2 Å². The predicted octanol–water partition coefficient (Wildman–Crippen LogP) is 8.67. The van der Waals surface area contributed by atoms with Crippen molar-refractivity contribution in [3.63, 3.8) is 0 Å². The van der Waals surface area contributed by atoms with Gasteiger partial charge in [-0.2, -0.15) is 0 Å². The van der Waals surface area contributed by atoms with Crippen LogP contribution in [-0.4, -0.2) is 72.7 Å². The van der Waals surface area contributed by atoms with Crippen molar-refractivity contribution in [2.75, 3.05) is 32.8 Å². The van der Waals surface area contributed by atoms with Gasteiger partial charge in [-0.3, -0.25) is 19.2 Å². The van der Waals surface area contributed by atoms with Crippen LogP contribution in [0.5, 0.6) is 0 Å². The molecule has 0 spiro atoms. The summed E-state index contributed by atoms with van der Waals surface area (Å²) in [4.78, 5) is 49.7. The van der Waals surface area contributed by atoms with Crippen molar-refractivity contribution in [3.8, 4) is 0 Å². The lowest BCUT2D eigenvalue weighted by molar-refractivity contribution is -0.148. The minimum absolute atomic E-state index is 0. The van der Waals surface area contributed by atoms with Gasteiger partial charge in [-0.25, -0.2) is 0 Å². The predicted molar refractivity (Wildman–Crippen MR) is 208 cm³/mol. The molecular weight excluding hydrogens is 681 g/mol. The molecule has 0 fully saturated rings. The normalized spacial score (nSPS) is 11.3. The van der Waals surface area contributed by atoms with Crippen LogP contribution in [0, 0.1) is 0 Å². The van der Waals surface area contributed by atoms with E-state index in [2.05, 4.69) is 6.92 Å². The average molecular weight is 757 g/mol. The maximum absolute atomic E-state index is 13.0. The molecule has 0 aliphatic heterocycles. The Bertz CT molecular complexity index is 808. The Labute approximate surface area is 317 Å². The number of carbonyl (C=O) groups is 4. The van der Waals surface area contributed by atoms with Gasteiger partial charge in [0, 0.05) is 19.3 Å². The molecule has 1 atom stereocenters. The van der Waals surface area contributed by atoms with E-state index < -0.39 is 12.0 Å². The maximum atomic E-state index is 13.0. The number of amides is 1. The highest BCUT2D eigenvalue weighted by Gasteiger charge is 2.21. The van der Waals surface area contributed by atoms with Crippen LogP contribution in [0.3, 0.4) is 0 Å². The number of carboxylic acid groups (broad SMARTS) is 1. The molecule has 10 nitrogen and oxygen atoms in total. The van der Waals surface area contributed by atoms with Crippen LogP contribution < -0.4 is 11.5 Å². The van der Waals surface area contributed by atoms with E-state index in [4.69, 9.17) is 26.0 Å². The summed E-state index contributed by atoms with van der Waals surface area (Å²) in [5.41, 5.74) is 11.7. The fourth-order valence-electron chi connectivity index (χ4n) is 5.78. The second-order valence-electron chi connectivity index (χ2n) is 13.4. The Morgan fingerprint density at radius 3 is 1.28 bits per heavy atom. The zero-order chi connectivity index (χ0) is 35.5. The van der Waals surface area contributed by atoms with Crippen molar-refractivity contribution < 1.29 is 33.8 Å². The molecule has 50 heavy (non-hydrogen) atoms. The summed E-state index contributed by atoms with van der Waals surface area (Å²) in [5, 5.41) is 8.66. The number of nitrogens with two attached hydrogens (primary N) is 2. The quantitative estimate of drug-likeness (QED) is 0.0420. The van der Waals surface area contributed by atoms with Crippen LogP contribution >= 0.6 is 24.8 Å². The zero-order valence-electron chi connectivity index (χ0n) is 31.5. The van der Waals surface area contributed by atoms with Gasteiger partial charge >= 0.3 is 17.9 Å². The molecule has 298 valence electrons. The molecule has 0 rings (SSSR count). The van der Waals surface area contributed by atoms with Crippen LogP contribution in [0.15, 0.2) is 0 Å². The van der Waals surface area contributed by atoms with Crippen LogP contribution in [-0.2, 0) is 28.7 Å². The average Bonchev–Trinajstić information content (AvgIpc) is 3.06. The van der Waals surface area contributed by atoms with Gasteiger partial charge in [-0.1, -0.05) is 129 Å². The summed E-state index contributed by atoms with van der Waals surface area (Å²) in [5.74, 6) is -1.46. The number of rotatable bonds is 36. The summed E-state index contributed by atoms with van der Waals surface area (Å²) in [6.07, 6.45) is 26.8. The van der Waals surface area contributed by atoms with Gasteiger partial charge in [-0.15, -0.1) is 24.8 Å².